The summed E-state index contributed by atoms with van der Waals surface area (Å²) < 4.78 is 5.09. The fourth-order valence-corrected chi connectivity index (χ4v) is 1.50. The van der Waals surface area contributed by atoms with Gasteiger partial charge in [0.1, 0.15) is 5.60 Å². The van der Waals surface area contributed by atoms with E-state index in [2.05, 4.69) is 0 Å². The summed E-state index contributed by atoms with van der Waals surface area (Å²) in [5, 5.41) is 0. The zero-order valence-electron chi connectivity index (χ0n) is 12.6. The Bertz CT molecular complexity index is 508. The fraction of sp³-hybridized carbons (Fsp3) is 0.375. The monoisotopic (exact) mass is 275 g/mol. The van der Waals surface area contributed by atoms with Crippen molar-refractivity contribution >= 4 is 17.4 Å². The molecular formula is C16H21NO3. The highest BCUT2D eigenvalue weighted by Crippen LogP contribution is 2.13. The number of ketones is 1. The first-order valence-electron chi connectivity index (χ1n) is 6.42. The van der Waals surface area contributed by atoms with Crippen molar-refractivity contribution in [2.75, 3.05) is 19.0 Å². The van der Waals surface area contributed by atoms with Gasteiger partial charge in [-0.15, -0.1) is 0 Å². The Labute approximate surface area is 120 Å². The molecule has 0 bridgehead atoms. The zero-order chi connectivity index (χ0) is 15.3. The number of rotatable bonds is 4. The molecule has 0 aliphatic heterocycles. The lowest BCUT2D eigenvalue weighted by Gasteiger charge is -2.17. The third kappa shape index (κ3) is 5.26. The zero-order valence-corrected chi connectivity index (χ0v) is 12.6. The van der Waals surface area contributed by atoms with Gasteiger partial charge in [0, 0.05) is 31.4 Å². The molecule has 0 aromatic heterocycles. The maximum absolute atomic E-state index is 11.9. The van der Waals surface area contributed by atoms with E-state index in [1.54, 1.807) is 32.9 Å². The van der Waals surface area contributed by atoms with Crippen molar-refractivity contribution in [1.29, 1.82) is 0 Å². The van der Waals surface area contributed by atoms with Gasteiger partial charge < -0.3 is 9.64 Å². The molecule has 20 heavy (non-hydrogen) atoms. The molecule has 0 spiro atoms. The summed E-state index contributed by atoms with van der Waals surface area (Å²) in [6.07, 6.45) is 2.40. The first-order chi connectivity index (χ1) is 9.19. The minimum Gasteiger partial charge on any atom is -0.457 e. The lowest BCUT2D eigenvalue weighted by molar-refractivity contribution is -0.148. The molecule has 0 saturated carbocycles. The Morgan fingerprint density at radius 3 is 2.05 bits per heavy atom. The van der Waals surface area contributed by atoms with Gasteiger partial charge in [-0.3, -0.25) is 4.79 Å². The van der Waals surface area contributed by atoms with Crippen LogP contribution in [0.3, 0.4) is 0 Å². The van der Waals surface area contributed by atoms with Crippen molar-refractivity contribution in [1.82, 2.24) is 0 Å². The smallest absolute Gasteiger partial charge is 0.331 e. The van der Waals surface area contributed by atoms with Gasteiger partial charge in [0.25, 0.3) is 0 Å². The topological polar surface area (TPSA) is 46.6 Å². The van der Waals surface area contributed by atoms with Crippen LogP contribution in [0.1, 0.15) is 31.1 Å². The second-order valence-corrected chi connectivity index (χ2v) is 5.67. The molecule has 0 aliphatic rings. The van der Waals surface area contributed by atoms with E-state index in [0.29, 0.717) is 5.56 Å². The van der Waals surface area contributed by atoms with Crippen LogP contribution in [-0.4, -0.2) is 31.4 Å². The van der Waals surface area contributed by atoms with Crippen LogP contribution in [0.25, 0.3) is 0 Å². The second-order valence-electron chi connectivity index (χ2n) is 5.67. The predicted octanol–water partition coefficient (Wildman–Crippen LogP) is 2.83. The number of hydrogen-bond donors (Lipinski definition) is 0. The molecule has 4 nitrogen and oxygen atoms in total. The first-order valence-corrected chi connectivity index (χ1v) is 6.42. The normalized spacial score (nSPS) is 11.4. The van der Waals surface area contributed by atoms with Crippen LogP contribution in [0.5, 0.6) is 0 Å². The number of carbonyl (C=O) groups is 2. The average molecular weight is 275 g/mol. The lowest BCUT2D eigenvalue weighted by Crippen LogP contribution is -2.22. The summed E-state index contributed by atoms with van der Waals surface area (Å²) in [5.74, 6) is -0.739. The van der Waals surface area contributed by atoms with E-state index in [9.17, 15) is 9.59 Å². The Hall–Kier alpha value is -2.10. The van der Waals surface area contributed by atoms with Crippen molar-refractivity contribution < 1.29 is 14.3 Å². The fourth-order valence-electron chi connectivity index (χ4n) is 1.50. The number of anilines is 1. The van der Waals surface area contributed by atoms with Crippen LogP contribution in [0.4, 0.5) is 5.69 Å². The predicted molar refractivity (Wildman–Crippen MR) is 80.1 cm³/mol. The molecule has 0 unspecified atom stereocenters. The molecule has 0 N–H and O–H groups in total. The number of esters is 1. The summed E-state index contributed by atoms with van der Waals surface area (Å²) in [6.45, 7) is 5.33. The third-order valence-corrected chi connectivity index (χ3v) is 2.45. The molecule has 0 atom stereocenters. The van der Waals surface area contributed by atoms with Gasteiger partial charge in [-0.1, -0.05) is 0 Å². The van der Waals surface area contributed by atoms with Gasteiger partial charge in [0.15, 0.2) is 5.78 Å². The Morgan fingerprint density at radius 2 is 1.60 bits per heavy atom. The maximum atomic E-state index is 11.9. The molecule has 0 saturated heterocycles. The van der Waals surface area contributed by atoms with Gasteiger partial charge in [-0.05, 0) is 51.1 Å². The lowest BCUT2D eigenvalue weighted by atomic mass is 10.1. The highest BCUT2D eigenvalue weighted by atomic mass is 16.6. The second kappa shape index (κ2) is 6.37. The van der Waals surface area contributed by atoms with E-state index in [1.165, 1.54) is 6.08 Å². The molecule has 0 radical (unpaired) electrons. The van der Waals surface area contributed by atoms with Gasteiger partial charge in [0.05, 0.1) is 0 Å². The molecule has 0 amide bonds. The van der Waals surface area contributed by atoms with Crippen LogP contribution in [0, 0.1) is 0 Å². The molecule has 1 aromatic carbocycles. The molecule has 0 heterocycles. The number of benzene rings is 1. The van der Waals surface area contributed by atoms with E-state index in [-0.39, 0.29) is 5.78 Å². The van der Waals surface area contributed by atoms with Crippen LogP contribution in [0.2, 0.25) is 0 Å². The van der Waals surface area contributed by atoms with Crippen LogP contribution >= 0.6 is 0 Å². The van der Waals surface area contributed by atoms with Crippen LogP contribution in [0.15, 0.2) is 36.4 Å². The summed E-state index contributed by atoms with van der Waals surface area (Å²) in [5.41, 5.74) is 0.991. The maximum Gasteiger partial charge on any atom is 0.331 e. The van der Waals surface area contributed by atoms with Crippen molar-refractivity contribution in [2.24, 2.45) is 0 Å². The van der Waals surface area contributed by atoms with E-state index < -0.39 is 11.6 Å². The summed E-state index contributed by atoms with van der Waals surface area (Å²) in [7, 11) is 3.86. The number of carbonyl (C=O) groups excluding carboxylic acids is 2. The number of allylic oxidation sites excluding steroid dienone is 1. The molecule has 1 rings (SSSR count). The number of hydrogen-bond acceptors (Lipinski definition) is 4. The highest BCUT2D eigenvalue weighted by Gasteiger charge is 2.14. The molecule has 0 fully saturated rings. The van der Waals surface area contributed by atoms with E-state index in [0.717, 1.165) is 11.8 Å². The average Bonchev–Trinajstić information content (AvgIpc) is 2.34. The minimum absolute atomic E-state index is 0.221. The highest BCUT2D eigenvalue weighted by molar-refractivity contribution is 6.07. The summed E-state index contributed by atoms with van der Waals surface area (Å²) in [6, 6.07) is 7.18. The third-order valence-electron chi connectivity index (χ3n) is 2.45. The molecule has 4 heteroatoms. The quantitative estimate of drug-likeness (QED) is 0.481. The Morgan fingerprint density at radius 1 is 1.05 bits per heavy atom. The van der Waals surface area contributed by atoms with Crippen LogP contribution < -0.4 is 4.90 Å². The minimum atomic E-state index is -0.558. The van der Waals surface area contributed by atoms with Gasteiger partial charge in [-0.2, -0.15) is 0 Å². The Balaban J connectivity index is 2.69. The largest absolute Gasteiger partial charge is 0.457 e. The van der Waals surface area contributed by atoms with Crippen molar-refractivity contribution in [2.45, 2.75) is 26.4 Å². The molecule has 0 aliphatic carbocycles. The van der Waals surface area contributed by atoms with Gasteiger partial charge in [0.2, 0.25) is 0 Å². The SMILES string of the molecule is CN(C)c1ccc(C(=O)/C=C/C(=O)OC(C)(C)C)cc1. The summed E-state index contributed by atoms with van der Waals surface area (Å²) in [4.78, 5) is 25.3. The van der Waals surface area contributed by atoms with Gasteiger partial charge in [-0.25, -0.2) is 4.79 Å². The first kappa shape index (κ1) is 16.0. The van der Waals surface area contributed by atoms with E-state index in [1.807, 2.05) is 31.1 Å². The molecule has 108 valence electrons. The van der Waals surface area contributed by atoms with Crippen molar-refractivity contribution in [3.8, 4) is 0 Å². The number of ether oxygens (including phenoxy) is 1. The van der Waals surface area contributed by atoms with Crippen molar-refractivity contribution in [3.63, 3.8) is 0 Å². The van der Waals surface area contributed by atoms with Crippen LogP contribution in [-0.2, 0) is 9.53 Å². The summed E-state index contributed by atoms with van der Waals surface area (Å²) >= 11 is 0. The Kier molecular flexibility index (Phi) is 5.08. The molecule has 1 aromatic rings. The van der Waals surface area contributed by atoms with Crippen molar-refractivity contribution in [3.05, 3.63) is 42.0 Å². The van der Waals surface area contributed by atoms with E-state index in [4.69, 9.17) is 4.74 Å². The number of nitrogens with zero attached hydrogens (tertiary/aromatic N) is 1. The van der Waals surface area contributed by atoms with E-state index >= 15 is 0 Å². The standard InChI is InChI=1S/C16H21NO3/c1-16(2,3)20-15(19)11-10-14(18)12-6-8-13(9-7-12)17(4)5/h6-11H,1-5H3/b11-10+. The van der Waals surface area contributed by atoms with Gasteiger partial charge >= 0.3 is 5.97 Å². The molecular weight excluding hydrogens is 254 g/mol.